The molecule has 5 rings (SSSR count). The number of hydrogen-bond donors (Lipinski definition) is 0. The van der Waals surface area contributed by atoms with Crippen LogP contribution in [0.4, 0.5) is 19.1 Å². The second-order valence-electron chi connectivity index (χ2n) is 8.62. The number of aryl methyl sites for hydroxylation is 1. The molecule has 4 heterocycles. The highest BCUT2D eigenvalue weighted by atomic mass is 19.4. The molecule has 34 heavy (non-hydrogen) atoms. The normalized spacial score (nSPS) is 18.5. The van der Waals surface area contributed by atoms with E-state index in [-0.39, 0.29) is 18.1 Å². The number of nitrogens with zero attached hydrogens (tertiary/aromatic N) is 7. The Balaban J connectivity index is 0.000000285. The number of alkyl halides is 3. The largest absolute Gasteiger partial charge is 0.389 e. The predicted molar refractivity (Wildman–Crippen MR) is 122 cm³/mol. The van der Waals surface area contributed by atoms with Gasteiger partial charge in [-0.25, -0.2) is 15.0 Å². The van der Waals surface area contributed by atoms with Gasteiger partial charge in [-0.05, 0) is 44.7 Å². The molecule has 0 aromatic carbocycles. The van der Waals surface area contributed by atoms with Gasteiger partial charge in [-0.2, -0.15) is 23.3 Å². The zero-order valence-corrected chi connectivity index (χ0v) is 19.3. The van der Waals surface area contributed by atoms with Gasteiger partial charge in [0.2, 0.25) is 5.95 Å². The lowest BCUT2D eigenvalue weighted by molar-refractivity contribution is -0.133. The van der Waals surface area contributed by atoms with Crippen LogP contribution in [0.1, 0.15) is 50.0 Å². The number of aromatic nitrogens is 6. The summed E-state index contributed by atoms with van der Waals surface area (Å²) in [6.45, 7) is 9.26. The topological polar surface area (TPSA) is 81.8 Å². The molecule has 2 aliphatic rings. The van der Waals surface area contributed by atoms with Gasteiger partial charge < -0.3 is 9.64 Å². The standard InChI is InChI=1S/C17H20F3N5O.C6H8N2/c1-10(4-5-17(18,19)20)13-14-15(22-11(2)8-21-14)24-16(23-13)25-6-7-26-12(3)9-25;1-4-7-8(5-1)6-2-3-6/h8,12H,1,4-7,9H2,2-3H3;1,4-6H,2-3H2. The Bertz CT molecular complexity index is 1130. The minimum atomic E-state index is -4.25. The molecular weight excluding hydrogens is 447 g/mol. The minimum absolute atomic E-state index is 0.0171. The molecule has 0 radical (unpaired) electrons. The molecule has 0 bridgehead atoms. The molecule has 1 saturated heterocycles. The lowest BCUT2D eigenvalue weighted by Gasteiger charge is -2.31. The molecule has 8 nitrogen and oxygen atoms in total. The summed E-state index contributed by atoms with van der Waals surface area (Å²) in [5, 5.41) is 4.09. The van der Waals surface area contributed by atoms with Crippen molar-refractivity contribution in [2.75, 3.05) is 24.6 Å². The van der Waals surface area contributed by atoms with Gasteiger partial charge in [-0.15, -0.1) is 0 Å². The minimum Gasteiger partial charge on any atom is -0.375 e. The zero-order valence-electron chi connectivity index (χ0n) is 19.3. The van der Waals surface area contributed by atoms with Gasteiger partial charge in [0.25, 0.3) is 0 Å². The molecule has 1 aliphatic carbocycles. The summed E-state index contributed by atoms with van der Waals surface area (Å²) in [6, 6.07) is 2.71. The van der Waals surface area contributed by atoms with Gasteiger partial charge in [0.1, 0.15) is 5.52 Å². The van der Waals surface area contributed by atoms with Crippen LogP contribution in [-0.4, -0.2) is 61.7 Å². The first-order chi connectivity index (χ1) is 16.2. The number of anilines is 1. The molecule has 2 fully saturated rings. The first-order valence-electron chi connectivity index (χ1n) is 11.3. The maximum Gasteiger partial charge on any atom is 0.389 e. The van der Waals surface area contributed by atoms with Crippen molar-refractivity contribution in [2.24, 2.45) is 0 Å². The number of morpholine rings is 1. The van der Waals surface area contributed by atoms with Crippen LogP contribution in [0.5, 0.6) is 0 Å². The van der Waals surface area contributed by atoms with Gasteiger partial charge in [-0.1, -0.05) is 6.58 Å². The molecule has 1 unspecified atom stereocenters. The van der Waals surface area contributed by atoms with Crippen molar-refractivity contribution in [1.82, 2.24) is 29.7 Å². The van der Waals surface area contributed by atoms with Crippen molar-refractivity contribution in [1.29, 1.82) is 0 Å². The fourth-order valence-corrected chi connectivity index (χ4v) is 3.62. The van der Waals surface area contributed by atoms with Crippen LogP contribution in [0.15, 0.2) is 31.2 Å². The van der Waals surface area contributed by atoms with Crippen LogP contribution in [0.3, 0.4) is 0 Å². The summed E-state index contributed by atoms with van der Waals surface area (Å²) in [7, 11) is 0. The Labute approximate surface area is 195 Å². The molecule has 11 heteroatoms. The van der Waals surface area contributed by atoms with Crippen molar-refractivity contribution in [2.45, 2.75) is 57.9 Å². The van der Waals surface area contributed by atoms with Crippen LogP contribution >= 0.6 is 0 Å². The highest BCUT2D eigenvalue weighted by Gasteiger charge is 2.28. The van der Waals surface area contributed by atoms with E-state index in [0.29, 0.717) is 48.2 Å². The van der Waals surface area contributed by atoms with Crippen molar-refractivity contribution in [3.05, 3.63) is 42.6 Å². The average molecular weight is 476 g/mol. The third kappa shape index (κ3) is 6.28. The fourth-order valence-electron chi connectivity index (χ4n) is 3.62. The zero-order chi connectivity index (χ0) is 24.3. The number of allylic oxidation sites excluding steroid dienone is 1. The second-order valence-corrected chi connectivity index (χ2v) is 8.62. The van der Waals surface area contributed by atoms with Crippen LogP contribution in [0, 0.1) is 6.92 Å². The Morgan fingerprint density at radius 3 is 2.68 bits per heavy atom. The smallest absolute Gasteiger partial charge is 0.375 e. The molecule has 1 aliphatic heterocycles. The summed E-state index contributed by atoms with van der Waals surface area (Å²) in [5.41, 5.74) is 1.99. The quantitative estimate of drug-likeness (QED) is 0.536. The fraction of sp³-hybridized carbons (Fsp3) is 0.522. The van der Waals surface area contributed by atoms with E-state index >= 15 is 0 Å². The molecule has 0 N–H and O–H groups in total. The van der Waals surface area contributed by atoms with Crippen molar-refractivity contribution < 1.29 is 17.9 Å². The van der Waals surface area contributed by atoms with Crippen LogP contribution < -0.4 is 4.90 Å². The monoisotopic (exact) mass is 475 g/mol. The van der Waals surface area contributed by atoms with E-state index < -0.39 is 12.6 Å². The first kappa shape index (κ1) is 24.1. The van der Waals surface area contributed by atoms with E-state index in [4.69, 9.17) is 4.74 Å². The van der Waals surface area contributed by atoms with Gasteiger partial charge >= 0.3 is 6.18 Å². The van der Waals surface area contributed by atoms with Crippen LogP contribution in [0.2, 0.25) is 0 Å². The molecule has 1 saturated carbocycles. The van der Waals surface area contributed by atoms with E-state index in [9.17, 15) is 13.2 Å². The third-order valence-electron chi connectivity index (χ3n) is 5.53. The number of rotatable bonds is 5. The Hall–Kier alpha value is -3.08. The Kier molecular flexibility index (Phi) is 7.11. The number of hydrogen-bond acceptors (Lipinski definition) is 7. The summed E-state index contributed by atoms with van der Waals surface area (Å²) < 4.78 is 45.3. The van der Waals surface area contributed by atoms with Crippen LogP contribution in [0.25, 0.3) is 16.7 Å². The molecule has 3 aromatic heterocycles. The lowest BCUT2D eigenvalue weighted by atomic mass is 10.1. The highest BCUT2D eigenvalue weighted by Crippen LogP contribution is 2.33. The average Bonchev–Trinajstić information content (AvgIpc) is 3.50. The van der Waals surface area contributed by atoms with E-state index in [1.54, 1.807) is 13.1 Å². The summed E-state index contributed by atoms with van der Waals surface area (Å²) in [5.74, 6) is 0.413. The summed E-state index contributed by atoms with van der Waals surface area (Å²) in [6.07, 6.45) is 2.60. The van der Waals surface area contributed by atoms with Gasteiger partial charge in [0, 0.05) is 38.1 Å². The Morgan fingerprint density at radius 2 is 2.03 bits per heavy atom. The van der Waals surface area contributed by atoms with E-state index in [0.717, 1.165) is 6.04 Å². The van der Waals surface area contributed by atoms with Crippen molar-refractivity contribution in [3.8, 4) is 0 Å². The Morgan fingerprint density at radius 1 is 1.24 bits per heavy atom. The number of ether oxygens (including phenoxy) is 1. The van der Waals surface area contributed by atoms with Crippen molar-refractivity contribution in [3.63, 3.8) is 0 Å². The molecule has 3 aromatic rings. The maximum atomic E-state index is 12.6. The summed E-state index contributed by atoms with van der Waals surface area (Å²) >= 11 is 0. The van der Waals surface area contributed by atoms with E-state index in [1.165, 1.54) is 12.8 Å². The van der Waals surface area contributed by atoms with Crippen LogP contribution in [-0.2, 0) is 4.74 Å². The van der Waals surface area contributed by atoms with Gasteiger partial charge in [0.15, 0.2) is 5.65 Å². The third-order valence-corrected chi connectivity index (χ3v) is 5.53. The summed E-state index contributed by atoms with van der Waals surface area (Å²) in [4.78, 5) is 19.5. The van der Waals surface area contributed by atoms with Gasteiger partial charge in [0.05, 0.1) is 30.1 Å². The maximum absolute atomic E-state index is 12.6. The molecular formula is C23H28F3N7O. The number of fused-ring (bicyclic) bond motifs is 1. The molecule has 0 amide bonds. The molecule has 0 spiro atoms. The predicted octanol–water partition coefficient (Wildman–Crippen LogP) is 4.53. The highest BCUT2D eigenvalue weighted by molar-refractivity contribution is 5.84. The molecule has 182 valence electrons. The van der Waals surface area contributed by atoms with Crippen molar-refractivity contribution >= 4 is 22.7 Å². The van der Waals surface area contributed by atoms with E-state index in [2.05, 4.69) is 31.6 Å². The van der Waals surface area contributed by atoms with E-state index in [1.807, 2.05) is 35.0 Å². The first-order valence-corrected chi connectivity index (χ1v) is 11.3. The van der Waals surface area contributed by atoms with Gasteiger partial charge in [-0.3, -0.25) is 4.68 Å². The number of halogens is 3. The lowest BCUT2D eigenvalue weighted by Crippen LogP contribution is -2.42. The second kappa shape index (κ2) is 10.0. The molecule has 1 atom stereocenters. The SMILES string of the molecule is C=C(CCC(F)(F)F)c1nc(N2CCOC(C)C2)nc2nc(C)cnc12.c1cnn(C2CC2)c1.